The number of guanidine groups is 2. The van der Waals surface area contributed by atoms with Gasteiger partial charge in [0.05, 0.1) is 12.5 Å². The number of nitrogens with zero attached hydrogens (tertiary/aromatic N) is 2. The van der Waals surface area contributed by atoms with Crippen LogP contribution >= 0.6 is 0 Å². The first kappa shape index (κ1) is 31.8. The van der Waals surface area contributed by atoms with Crippen molar-refractivity contribution in [1.29, 1.82) is 0 Å². The van der Waals surface area contributed by atoms with E-state index in [-0.39, 0.29) is 50.7 Å². The molecule has 0 radical (unpaired) electrons. The van der Waals surface area contributed by atoms with Gasteiger partial charge in [0.1, 0.15) is 18.1 Å². The van der Waals surface area contributed by atoms with Gasteiger partial charge in [0.2, 0.25) is 17.7 Å². The van der Waals surface area contributed by atoms with Crippen molar-refractivity contribution in [3.8, 4) is 0 Å². The molecule has 0 heterocycles. The van der Waals surface area contributed by atoms with E-state index in [0.717, 1.165) is 0 Å². The number of hydrogen-bond acceptors (Lipinski definition) is 8. The van der Waals surface area contributed by atoms with Crippen molar-refractivity contribution >= 4 is 41.6 Å². The van der Waals surface area contributed by atoms with Crippen molar-refractivity contribution in [2.24, 2.45) is 38.7 Å². The summed E-state index contributed by atoms with van der Waals surface area (Å²) in [5.41, 5.74) is 26.5. The molecule has 0 aliphatic rings. The summed E-state index contributed by atoms with van der Waals surface area (Å²) < 4.78 is 0. The summed E-state index contributed by atoms with van der Waals surface area (Å²) in [6.45, 7) is 1.60. The Balaban J connectivity index is 5.29. The molecule has 0 aromatic carbocycles. The Labute approximate surface area is 207 Å². The van der Waals surface area contributed by atoms with Crippen LogP contribution in [0.15, 0.2) is 9.98 Å². The number of carbonyl (C=O) groups is 5. The van der Waals surface area contributed by atoms with Gasteiger partial charge in [-0.05, 0) is 32.6 Å². The fourth-order valence-corrected chi connectivity index (χ4v) is 2.77. The maximum Gasteiger partial charge on any atom is 0.326 e. The van der Waals surface area contributed by atoms with Gasteiger partial charge in [0.15, 0.2) is 11.9 Å². The molecule has 15 N–H and O–H groups in total. The zero-order valence-electron chi connectivity index (χ0n) is 20.0. The maximum atomic E-state index is 12.8. The molecular formula is C19H36N10O7. The van der Waals surface area contributed by atoms with Gasteiger partial charge in [-0.1, -0.05) is 0 Å². The zero-order chi connectivity index (χ0) is 27.8. The molecule has 0 saturated carbocycles. The number of aliphatic carboxylic acids is 2. The second kappa shape index (κ2) is 16.5. The molecule has 0 aromatic heterocycles. The van der Waals surface area contributed by atoms with E-state index in [1.165, 1.54) is 6.92 Å². The highest BCUT2D eigenvalue weighted by molar-refractivity contribution is 5.94. The van der Waals surface area contributed by atoms with Crippen LogP contribution in [0.5, 0.6) is 0 Å². The molecule has 0 spiro atoms. The van der Waals surface area contributed by atoms with E-state index < -0.39 is 60.2 Å². The van der Waals surface area contributed by atoms with Gasteiger partial charge in [-0.15, -0.1) is 0 Å². The third-order valence-corrected chi connectivity index (χ3v) is 4.62. The Kier molecular flexibility index (Phi) is 14.6. The molecular weight excluding hydrogens is 480 g/mol. The fourth-order valence-electron chi connectivity index (χ4n) is 2.77. The largest absolute Gasteiger partial charge is 0.481 e. The molecule has 17 heteroatoms. The average Bonchev–Trinajstić information content (AvgIpc) is 2.76. The highest BCUT2D eigenvalue weighted by Crippen LogP contribution is 2.04. The lowest BCUT2D eigenvalue weighted by Gasteiger charge is -2.23. The highest BCUT2D eigenvalue weighted by Gasteiger charge is 2.28. The van der Waals surface area contributed by atoms with Crippen molar-refractivity contribution in [2.45, 2.75) is 63.2 Å². The molecule has 4 unspecified atom stereocenters. The lowest BCUT2D eigenvalue weighted by molar-refractivity contribution is -0.142. The second-order valence-corrected chi connectivity index (χ2v) is 7.79. The smallest absolute Gasteiger partial charge is 0.326 e. The summed E-state index contributed by atoms with van der Waals surface area (Å²) >= 11 is 0. The number of aliphatic imine (C=N–C) groups is 2. The molecule has 0 aliphatic carbocycles. The molecule has 4 atom stereocenters. The van der Waals surface area contributed by atoms with Crippen LogP contribution in [0.1, 0.15) is 39.0 Å². The van der Waals surface area contributed by atoms with E-state index in [9.17, 15) is 29.1 Å². The standard InChI is InChI=1S/C19H36N10O7/c1-9(27-15(33)10(20)8-13(30)31)14(32)28-11(4-2-6-25-18(21)22)16(34)29-12(17(35)36)5-3-7-26-19(23)24/h9-12H,2-8,20H2,1H3,(H,27,33)(H,28,32)(H,29,34)(H,30,31)(H,35,36)(H4,21,22,25)(H4,23,24,26). The van der Waals surface area contributed by atoms with Crippen molar-refractivity contribution < 1.29 is 34.2 Å². The minimum atomic E-state index is -1.38. The Morgan fingerprint density at radius 3 is 1.67 bits per heavy atom. The molecule has 0 aliphatic heterocycles. The minimum absolute atomic E-state index is 0.0143. The average molecular weight is 517 g/mol. The van der Waals surface area contributed by atoms with E-state index in [0.29, 0.717) is 0 Å². The SMILES string of the molecule is CC(NC(=O)C(N)CC(=O)O)C(=O)NC(CCCN=C(N)N)C(=O)NC(CCCN=C(N)N)C(=O)O. The predicted octanol–water partition coefficient (Wildman–Crippen LogP) is -4.55. The summed E-state index contributed by atoms with van der Waals surface area (Å²) in [6, 6.07) is -5.04. The predicted molar refractivity (Wildman–Crippen MR) is 129 cm³/mol. The van der Waals surface area contributed by atoms with Gasteiger partial charge in [-0.25, -0.2) is 4.79 Å². The van der Waals surface area contributed by atoms with Crippen LogP contribution in [0.4, 0.5) is 0 Å². The Morgan fingerprint density at radius 2 is 1.22 bits per heavy atom. The lowest BCUT2D eigenvalue weighted by atomic mass is 10.1. The number of carboxylic acids is 2. The lowest BCUT2D eigenvalue weighted by Crippen LogP contribution is -2.56. The Hall–Kier alpha value is -4.15. The van der Waals surface area contributed by atoms with Crippen molar-refractivity contribution in [3.05, 3.63) is 0 Å². The number of nitrogens with one attached hydrogen (secondary N) is 3. The van der Waals surface area contributed by atoms with Crippen LogP contribution in [-0.2, 0) is 24.0 Å². The number of rotatable bonds is 17. The normalized spacial score (nSPS) is 13.7. The van der Waals surface area contributed by atoms with Gasteiger partial charge in [0, 0.05) is 13.1 Å². The van der Waals surface area contributed by atoms with Crippen molar-refractivity contribution in [2.75, 3.05) is 13.1 Å². The van der Waals surface area contributed by atoms with Crippen LogP contribution < -0.4 is 44.6 Å². The van der Waals surface area contributed by atoms with Gasteiger partial charge in [0.25, 0.3) is 0 Å². The van der Waals surface area contributed by atoms with Crippen LogP contribution in [0.2, 0.25) is 0 Å². The first-order valence-corrected chi connectivity index (χ1v) is 11.0. The van der Waals surface area contributed by atoms with E-state index in [1.54, 1.807) is 0 Å². The highest BCUT2D eigenvalue weighted by atomic mass is 16.4. The number of amides is 3. The summed E-state index contributed by atoms with van der Waals surface area (Å²) in [5.74, 6) is -5.36. The molecule has 0 fully saturated rings. The van der Waals surface area contributed by atoms with E-state index in [4.69, 9.17) is 33.8 Å². The molecule has 17 nitrogen and oxygen atoms in total. The molecule has 0 aromatic rings. The van der Waals surface area contributed by atoms with E-state index >= 15 is 0 Å². The Bertz CT molecular complexity index is 840. The third kappa shape index (κ3) is 14.2. The van der Waals surface area contributed by atoms with Gasteiger partial charge >= 0.3 is 11.9 Å². The fraction of sp³-hybridized carbons (Fsp3) is 0.632. The number of hydrogen-bond donors (Lipinski definition) is 10. The van der Waals surface area contributed by atoms with E-state index in [2.05, 4.69) is 25.9 Å². The van der Waals surface area contributed by atoms with Gasteiger partial charge in [-0.3, -0.25) is 29.2 Å². The summed E-state index contributed by atoms with van der Waals surface area (Å²) in [5, 5.41) is 25.2. The van der Waals surface area contributed by atoms with Crippen molar-refractivity contribution in [1.82, 2.24) is 16.0 Å². The van der Waals surface area contributed by atoms with Gasteiger partial charge in [-0.2, -0.15) is 0 Å². The van der Waals surface area contributed by atoms with Crippen LogP contribution in [0.25, 0.3) is 0 Å². The second-order valence-electron chi connectivity index (χ2n) is 7.79. The minimum Gasteiger partial charge on any atom is -0.481 e. The topological polar surface area (TPSA) is 317 Å². The number of carbonyl (C=O) groups excluding carboxylic acids is 3. The first-order chi connectivity index (χ1) is 16.7. The molecule has 0 bridgehead atoms. The molecule has 0 saturated heterocycles. The summed E-state index contributed by atoms with van der Waals surface area (Å²) in [6.07, 6.45) is -0.0802. The number of nitrogens with two attached hydrogens (primary N) is 5. The molecule has 3 amide bonds. The molecule has 204 valence electrons. The van der Waals surface area contributed by atoms with Crippen LogP contribution in [0, 0.1) is 0 Å². The summed E-state index contributed by atoms with van der Waals surface area (Å²) in [7, 11) is 0. The molecule has 36 heavy (non-hydrogen) atoms. The van der Waals surface area contributed by atoms with E-state index in [1.807, 2.05) is 0 Å². The van der Waals surface area contributed by atoms with Crippen LogP contribution in [0.3, 0.4) is 0 Å². The molecule has 0 rings (SSSR count). The Morgan fingerprint density at radius 1 is 0.750 bits per heavy atom. The third-order valence-electron chi connectivity index (χ3n) is 4.62. The number of carboxylic acid groups (broad SMARTS) is 2. The summed E-state index contributed by atoms with van der Waals surface area (Å²) in [4.78, 5) is 67.2. The van der Waals surface area contributed by atoms with Gasteiger partial charge < -0.3 is 54.8 Å². The van der Waals surface area contributed by atoms with Crippen LogP contribution in [-0.4, -0.2) is 89.0 Å². The zero-order valence-corrected chi connectivity index (χ0v) is 20.0. The first-order valence-electron chi connectivity index (χ1n) is 11.0. The monoisotopic (exact) mass is 516 g/mol. The van der Waals surface area contributed by atoms with Crippen molar-refractivity contribution in [3.63, 3.8) is 0 Å². The maximum absolute atomic E-state index is 12.8. The quantitative estimate of drug-likeness (QED) is 0.0496.